The summed E-state index contributed by atoms with van der Waals surface area (Å²) in [6.45, 7) is 2.34. The lowest BCUT2D eigenvalue weighted by Gasteiger charge is -2.22. The highest BCUT2D eigenvalue weighted by Gasteiger charge is 2.22. The molecule has 112 valence electrons. The molecule has 20 heavy (non-hydrogen) atoms. The van der Waals surface area contributed by atoms with Gasteiger partial charge >= 0.3 is 0 Å². The molecule has 0 amide bonds. The van der Waals surface area contributed by atoms with Crippen molar-refractivity contribution < 1.29 is 13.2 Å². The summed E-state index contributed by atoms with van der Waals surface area (Å²) in [6.07, 6.45) is 5.16. The fourth-order valence-corrected chi connectivity index (χ4v) is 4.06. The van der Waals surface area contributed by atoms with E-state index < -0.39 is 10.0 Å². The van der Waals surface area contributed by atoms with Crippen LogP contribution in [-0.2, 0) is 10.0 Å². The van der Waals surface area contributed by atoms with Crippen LogP contribution in [0.4, 0.5) is 0 Å². The molecule has 0 atom stereocenters. The Morgan fingerprint density at radius 3 is 2.60 bits per heavy atom. The summed E-state index contributed by atoms with van der Waals surface area (Å²) in [5, 5.41) is 0.318. The third-order valence-corrected chi connectivity index (χ3v) is 5.25. The summed E-state index contributed by atoms with van der Waals surface area (Å²) < 4.78 is 32.7. The number of hydrogen-bond donors (Lipinski definition) is 1. The maximum atomic E-state index is 12.3. The van der Waals surface area contributed by atoms with Gasteiger partial charge in [0.2, 0.25) is 10.0 Å². The molecular weight excluding hydrogens is 298 g/mol. The van der Waals surface area contributed by atoms with Crippen LogP contribution in [0, 0.1) is 0 Å². The highest BCUT2D eigenvalue weighted by atomic mass is 35.5. The van der Waals surface area contributed by atoms with Crippen LogP contribution in [0.25, 0.3) is 0 Å². The molecule has 0 bridgehead atoms. The van der Waals surface area contributed by atoms with Gasteiger partial charge in [-0.3, -0.25) is 0 Å². The van der Waals surface area contributed by atoms with E-state index in [0.29, 0.717) is 17.4 Å². The number of rotatable bonds is 5. The lowest BCUT2D eigenvalue weighted by Crippen LogP contribution is -2.36. The molecule has 0 aromatic heterocycles. The molecule has 1 aliphatic carbocycles. The van der Waals surface area contributed by atoms with Crippen LogP contribution < -0.4 is 9.46 Å². The molecule has 1 saturated carbocycles. The molecule has 1 aromatic rings. The lowest BCUT2D eigenvalue weighted by atomic mass is 9.96. The summed E-state index contributed by atoms with van der Waals surface area (Å²) in [7, 11) is -3.50. The summed E-state index contributed by atoms with van der Waals surface area (Å²) in [6, 6.07) is 4.61. The van der Waals surface area contributed by atoms with Crippen LogP contribution in [0.15, 0.2) is 23.1 Å². The first kappa shape index (κ1) is 15.6. The zero-order chi connectivity index (χ0) is 14.6. The number of sulfonamides is 1. The minimum atomic E-state index is -3.50. The Morgan fingerprint density at radius 2 is 2.00 bits per heavy atom. The molecule has 0 heterocycles. The predicted octanol–water partition coefficient (Wildman–Crippen LogP) is 3.35. The van der Waals surface area contributed by atoms with Crippen molar-refractivity contribution in [2.75, 3.05) is 6.61 Å². The van der Waals surface area contributed by atoms with E-state index in [1.54, 1.807) is 6.07 Å². The SMILES string of the molecule is CCOc1ccc(S(=O)(=O)NC2CCCCC2)cc1Cl. The number of hydrogen-bond acceptors (Lipinski definition) is 3. The van der Waals surface area contributed by atoms with Gasteiger partial charge in [0.05, 0.1) is 16.5 Å². The molecule has 1 aliphatic rings. The van der Waals surface area contributed by atoms with Gasteiger partial charge in [-0.1, -0.05) is 30.9 Å². The molecule has 0 radical (unpaired) electrons. The minimum absolute atomic E-state index is 0.0408. The summed E-state index contributed by atoms with van der Waals surface area (Å²) in [4.78, 5) is 0.191. The first-order chi connectivity index (χ1) is 9.53. The van der Waals surface area contributed by atoms with Crippen molar-refractivity contribution in [1.29, 1.82) is 0 Å². The van der Waals surface area contributed by atoms with Gasteiger partial charge in [0.1, 0.15) is 5.75 Å². The summed E-state index contributed by atoms with van der Waals surface area (Å²) in [5.41, 5.74) is 0. The third-order valence-electron chi connectivity index (χ3n) is 3.44. The van der Waals surface area contributed by atoms with Crippen LogP contribution in [0.2, 0.25) is 5.02 Å². The van der Waals surface area contributed by atoms with Gasteiger partial charge in [0.15, 0.2) is 0 Å². The van der Waals surface area contributed by atoms with Crippen LogP contribution >= 0.6 is 11.6 Å². The van der Waals surface area contributed by atoms with Gasteiger partial charge in [0.25, 0.3) is 0 Å². The molecule has 1 fully saturated rings. The average molecular weight is 318 g/mol. The normalized spacial score (nSPS) is 17.1. The van der Waals surface area contributed by atoms with E-state index in [2.05, 4.69) is 4.72 Å². The molecule has 1 aromatic carbocycles. The van der Waals surface area contributed by atoms with Crippen molar-refractivity contribution in [3.8, 4) is 5.75 Å². The Kier molecular flexibility index (Phi) is 5.29. The van der Waals surface area contributed by atoms with Crippen LogP contribution in [0.1, 0.15) is 39.0 Å². The van der Waals surface area contributed by atoms with Gasteiger partial charge in [-0.15, -0.1) is 0 Å². The lowest BCUT2D eigenvalue weighted by molar-refractivity contribution is 0.340. The van der Waals surface area contributed by atoms with E-state index in [9.17, 15) is 8.42 Å². The Bertz CT molecular complexity index is 554. The fraction of sp³-hybridized carbons (Fsp3) is 0.571. The summed E-state index contributed by atoms with van der Waals surface area (Å²) >= 11 is 6.04. The quantitative estimate of drug-likeness (QED) is 0.906. The molecule has 1 N–H and O–H groups in total. The van der Waals surface area contributed by atoms with Crippen molar-refractivity contribution in [1.82, 2.24) is 4.72 Å². The van der Waals surface area contributed by atoms with E-state index in [-0.39, 0.29) is 10.9 Å². The number of benzene rings is 1. The molecular formula is C14H20ClNO3S. The standard InChI is InChI=1S/C14H20ClNO3S/c1-2-19-14-9-8-12(10-13(14)15)20(17,18)16-11-6-4-3-5-7-11/h8-11,16H,2-7H2,1H3. The van der Waals surface area contributed by atoms with Gasteiger partial charge in [-0.2, -0.15) is 0 Å². The Balaban J connectivity index is 2.14. The number of nitrogens with one attached hydrogen (secondary N) is 1. The van der Waals surface area contributed by atoms with Crippen molar-refractivity contribution in [2.24, 2.45) is 0 Å². The second kappa shape index (κ2) is 6.78. The highest BCUT2D eigenvalue weighted by Crippen LogP contribution is 2.28. The van der Waals surface area contributed by atoms with Crippen LogP contribution in [0.5, 0.6) is 5.75 Å². The van der Waals surface area contributed by atoms with E-state index in [1.165, 1.54) is 18.6 Å². The zero-order valence-electron chi connectivity index (χ0n) is 11.6. The van der Waals surface area contributed by atoms with Gasteiger partial charge < -0.3 is 4.74 Å². The molecule has 0 aliphatic heterocycles. The van der Waals surface area contributed by atoms with E-state index in [0.717, 1.165) is 25.7 Å². The fourth-order valence-electron chi connectivity index (χ4n) is 2.43. The topological polar surface area (TPSA) is 55.4 Å². The second-order valence-electron chi connectivity index (χ2n) is 4.98. The monoisotopic (exact) mass is 317 g/mol. The highest BCUT2D eigenvalue weighted by molar-refractivity contribution is 7.89. The molecule has 0 spiro atoms. The maximum Gasteiger partial charge on any atom is 0.240 e. The van der Waals surface area contributed by atoms with Crippen LogP contribution in [0.3, 0.4) is 0 Å². The van der Waals surface area contributed by atoms with Crippen molar-refractivity contribution in [2.45, 2.75) is 50.0 Å². The first-order valence-electron chi connectivity index (χ1n) is 6.97. The van der Waals surface area contributed by atoms with Gasteiger partial charge in [-0.05, 0) is 38.0 Å². The van der Waals surface area contributed by atoms with E-state index in [4.69, 9.17) is 16.3 Å². The minimum Gasteiger partial charge on any atom is -0.492 e. The van der Waals surface area contributed by atoms with Gasteiger partial charge in [-0.25, -0.2) is 13.1 Å². The predicted molar refractivity (Wildman–Crippen MR) is 79.8 cm³/mol. The average Bonchev–Trinajstić information content (AvgIpc) is 2.42. The van der Waals surface area contributed by atoms with E-state index >= 15 is 0 Å². The summed E-state index contributed by atoms with van der Waals surface area (Å²) in [5.74, 6) is 0.505. The maximum absolute atomic E-state index is 12.3. The molecule has 2 rings (SSSR count). The largest absolute Gasteiger partial charge is 0.492 e. The van der Waals surface area contributed by atoms with Crippen molar-refractivity contribution >= 4 is 21.6 Å². The third kappa shape index (κ3) is 3.87. The number of halogens is 1. The molecule has 0 unspecified atom stereocenters. The van der Waals surface area contributed by atoms with Crippen molar-refractivity contribution in [3.63, 3.8) is 0 Å². The Morgan fingerprint density at radius 1 is 1.30 bits per heavy atom. The molecule has 4 nitrogen and oxygen atoms in total. The van der Waals surface area contributed by atoms with Crippen molar-refractivity contribution in [3.05, 3.63) is 23.2 Å². The second-order valence-corrected chi connectivity index (χ2v) is 7.10. The number of ether oxygens (including phenoxy) is 1. The van der Waals surface area contributed by atoms with Crippen LogP contribution in [-0.4, -0.2) is 21.1 Å². The molecule has 6 heteroatoms. The van der Waals surface area contributed by atoms with E-state index in [1.807, 2.05) is 6.92 Å². The Labute approximate surface area is 125 Å². The Hall–Kier alpha value is -0.780. The molecule has 0 saturated heterocycles. The smallest absolute Gasteiger partial charge is 0.240 e. The van der Waals surface area contributed by atoms with Gasteiger partial charge in [0, 0.05) is 6.04 Å². The first-order valence-corrected chi connectivity index (χ1v) is 8.83. The zero-order valence-corrected chi connectivity index (χ0v) is 13.1.